The van der Waals surface area contributed by atoms with E-state index in [9.17, 15) is 4.79 Å². The van der Waals surface area contributed by atoms with E-state index in [1.807, 2.05) is 18.2 Å². The third-order valence-electron chi connectivity index (χ3n) is 3.40. The molecule has 6 heteroatoms. The third-order valence-corrected chi connectivity index (χ3v) is 4.27. The molecular formula is C17H21NO4S. The van der Waals surface area contributed by atoms with Crippen molar-refractivity contribution in [3.8, 4) is 22.1 Å². The molecule has 0 radical (unpaired) electrons. The molecule has 0 spiro atoms. The first kappa shape index (κ1) is 17.3. The van der Waals surface area contributed by atoms with E-state index in [-0.39, 0.29) is 5.69 Å². The number of rotatable bonds is 9. The van der Waals surface area contributed by atoms with Gasteiger partial charge in [-0.05, 0) is 18.6 Å². The standard InChI is InChI=1S/C17H21NO4S/c1-3-4-5-6-9-22-15-10-12(21-2)7-8-13(15)16-18-14(11-23-16)17(19)20/h7-8,10-11H,3-6,9H2,1-2H3,(H,19,20). The zero-order valence-corrected chi connectivity index (χ0v) is 14.2. The Morgan fingerprint density at radius 1 is 1.30 bits per heavy atom. The van der Waals surface area contributed by atoms with Crippen molar-refractivity contribution in [1.82, 2.24) is 4.98 Å². The Labute approximate surface area is 139 Å². The number of carboxylic acids is 1. The maximum Gasteiger partial charge on any atom is 0.355 e. The molecule has 1 N–H and O–H groups in total. The normalized spacial score (nSPS) is 10.5. The lowest BCUT2D eigenvalue weighted by molar-refractivity contribution is 0.0691. The Morgan fingerprint density at radius 2 is 2.13 bits per heavy atom. The molecule has 0 aliphatic carbocycles. The fourth-order valence-electron chi connectivity index (χ4n) is 2.13. The maximum atomic E-state index is 11.0. The number of hydrogen-bond donors (Lipinski definition) is 1. The highest BCUT2D eigenvalue weighted by Gasteiger charge is 2.15. The average Bonchev–Trinajstić information content (AvgIpc) is 3.04. The van der Waals surface area contributed by atoms with E-state index in [0.29, 0.717) is 23.1 Å². The lowest BCUT2D eigenvalue weighted by Crippen LogP contribution is -2.00. The first-order chi connectivity index (χ1) is 11.2. The summed E-state index contributed by atoms with van der Waals surface area (Å²) >= 11 is 1.29. The van der Waals surface area contributed by atoms with Gasteiger partial charge in [0.2, 0.25) is 0 Å². The van der Waals surface area contributed by atoms with Crippen LogP contribution in [0.25, 0.3) is 10.6 Å². The largest absolute Gasteiger partial charge is 0.497 e. The van der Waals surface area contributed by atoms with Crippen LogP contribution >= 0.6 is 11.3 Å². The fraction of sp³-hybridized carbons (Fsp3) is 0.412. The summed E-state index contributed by atoms with van der Waals surface area (Å²) in [6, 6.07) is 5.49. The topological polar surface area (TPSA) is 68.7 Å². The number of nitrogens with zero attached hydrogens (tertiary/aromatic N) is 1. The minimum Gasteiger partial charge on any atom is -0.497 e. The highest BCUT2D eigenvalue weighted by molar-refractivity contribution is 7.13. The molecule has 0 aliphatic heterocycles. The molecule has 0 saturated heterocycles. The molecule has 5 nitrogen and oxygen atoms in total. The summed E-state index contributed by atoms with van der Waals surface area (Å²) in [5.74, 6) is 0.350. The van der Waals surface area contributed by atoms with E-state index >= 15 is 0 Å². The lowest BCUT2D eigenvalue weighted by Gasteiger charge is -2.11. The van der Waals surface area contributed by atoms with E-state index in [0.717, 1.165) is 18.4 Å². The van der Waals surface area contributed by atoms with Crippen LogP contribution in [0.3, 0.4) is 0 Å². The number of methoxy groups -OCH3 is 1. The summed E-state index contributed by atoms with van der Waals surface area (Å²) in [6.45, 7) is 2.79. The molecule has 0 amide bonds. The summed E-state index contributed by atoms with van der Waals surface area (Å²) in [6.07, 6.45) is 4.50. The summed E-state index contributed by atoms with van der Waals surface area (Å²) in [4.78, 5) is 15.1. The van der Waals surface area contributed by atoms with Gasteiger partial charge in [-0.1, -0.05) is 26.2 Å². The summed E-state index contributed by atoms with van der Waals surface area (Å²) in [5, 5.41) is 11.2. The van der Waals surface area contributed by atoms with Gasteiger partial charge >= 0.3 is 5.97 Å². The molecule has 2 aromatic rings. The second-order valence-electron chi connectivity index (χ2n) is 5.11. The van der Waals surface area contributed by atoms with Crippen molar-refractivity contribution in [2.24, 2.45) is 0 Å². The number of carboxylic acid groups (broad SMARTS) is 1. The van der Waals surface area contributed by atoms with Crippen LogP contribution in [-0.4, -0.2) is 29.8 Å². The molecule has 0 aliphatic rings. The predicted octanol–water partition coefficient (Wildman–Crippen LogP) is 4.48. The van der Waals surface area contributed by atoms with Gasteiger partial charge in [0.15, 0.2) is 5.69 Å². The zero-order chi connectivity index (χ0) is 16.7. The van der Waals surface area contributed by atoms with Crippen molar-refractivity contribution in [3.63, 3.8) is 0 Å². The Morgan fingerprint density at radius 3 is 2.78 bits per heavy atom. The molecule has 124 valence electrons. The van der Waals surface area contributed by atoms with Crippen molar-refractivity contribution >= 4 is 17.3 Å². The number of benzene rings is 1. The van der Waals surface area contributed by atoms with Gasteiger partial charge in [-0.25, -0.2) is 9.78 Å². The quantitative estimate of drug-likeness (QED) is 0.684. The van der Waals surface area contributed by atoms with E-state index < -0.39 is 5.97 Å². The molecule has 0 saturated carbocycles. The van der Waals surface area contributed by atoms with E-state index in [1.54, 1.807) is 7.11 Å². The van der Waals surface area contributed by atoms with Crippen molar-refractivity contribution in [2.45, 2.75) is 32.6 Å². The van der Waals surface area contributed by atoms with Crippen LogP contribution in [0.2, 0.25) is 0 Å². The first-order valence-corrected chi connectivity index (χ1v) is 8.53. The second kappa shape index (κ2) is 8.53. The van der Waals surface area contributed by atoms with Crippen LogP contribution in [0.4, 0.5) is 0 Å². The van der Waals surface area contributed by atoms with Gasteiger partial charge in [-0.2, -0.15) is 0 Å². The van der Waals surface area contributed by atoms with Gasteiger partial charge in [0, 0.05) is 11.4 Å². The zero-order valence-electron chi connectivity index (χ0n) is 13.4. The molecule has 0 fully saturated rings. The highest BCUT2D eigenvalue weighted by Crippen LogP contribution is 2.35. The Hall–Kier alpha value is -2.08. The van der Waals surface area contributed by atoms with Crippen molar-refractivity contribution in [3.05, 3.63) is 29.3 Å². The van der Waals surface area contributed by atoms with Crippen LogP contribution in [0.5, 0.6) is 11.5 Å². The van der Waals surface area contributed by atoms with Crippen molar-refractivity contribution in [2.75, 3.05) is 13.7 Å². The third kappa shape index (κ3) is 4.69. The number of hydrogen-bond acceptors (Lipinski definition) is 5. The fourth-order valence-corrected chi connectivity index (χ4v) is 2.96. The van der Waals surface area contributed by atoms with Gasteiger partial charge in [0.25, 0.3) is 0 Å². The van der Waals surface area contributed by atoms with Gasteiger partial charge in [-0.3, -0.25) is 0 Å². The van der Waals surface area contributed by atoms with Crippen LogP contribution in [-0.2, 0) is 0 Å². The van der Waals surface area contributed by atoms with Gasteiger partial charge in [0.1, 0.15) is 16.5 Å². The Kier molecular flexibility index (Phi) is 6.40. The molecule has 0 unspecified atom stereocenters. The predicted molar refractivity (Wildman–Crippen MR) is 90.7 cm³/mol. The Balaban J connectivity index is 2.18. The van der Waals surface area contributed by atoms with E-state index in [4.69, 9.17) is 14.6 Å². The van der Waals surface area contributed by atoms with Crippen LogP contribution in [0, 0.1) is 0 Å². The van der Waals surface area contributed by atoms with Crippen LogP contribution < -0.4 is 9.47 Å². The van der Waals surface area contributed by atoms with Gasteiger partial charge < -0.3 is 14.6 Å². The monoisotopic (exact) mass is 335 g/mol. The summed E-state index contributed by atoms with van der Waals surface area (Å²) in [5.41, 5.74) is 0.841. The highest BCUT2D eigenvalue weighted by atomic mass is 32.1. The minimum absolute atomic E-state index is 0.0507. The average molecular weight is 335 g/mol. The van der Waals surface area contributed by atoms with E-state index in [1.165, 1.54) is 29.6 Å². The van der Waals surface area contributed by atoms with Crippen LogP contribution in [0.15, 0.2) is 23.6 Å². The van der Waals surface area contributed by atoms with Gasteiger partial charge in [0.05, 0.1) is 19.3 Å². The first-order valence-electron chi connectivity index (χ1n) is 7.65. The number of thiazole rings is 1. The number of ether oxygens (including phenoxy) is 2. The molecule has 1 heterocycles. The summed E-state index contributed by atoms with van der Waals surface area (Å²) < 4.78 is 11.1. The lowest BCUT2D eigenvalue weighted by atomic mass is 10.2. The number of carbonyl (C=O) groups is 1. The summed E-state index contributed by atoms with van der Waals surface area (Å²) in [7, 11) is 1.60. The number of unbranched alkanes of at least 4 members (excludes halogenated alkanes) is 3. The molecule has 1 aromatic heterocycles. The molecule has 2 rings (SSSR count). The molecule has 23 heavy (non-hydrogen) atoms. The van der Waals surface area contributed by atoms with E-state index in [2.05, 4.69) is 11.9 Å². The molecule has 1 aromatic carbocycles. The van der Waals surface area contributed by atoms with Crippen LogP contribution in [0.1, 0.15) is 43.1 Å². The SMILES string of the molecule is CCCCCCOc1cc(OC)ccc1-c1nc(C(=O)O)cs1. The number of aromatic carboxylic acids is 1. The number of aromatic nitrogens is 1. The minimum atomic E-state index is -1.02. The molecular weight excluding hydrogens is 314 g/mol. The van der Waals surface area contributed by atoms with Crippen molar-refractivity contribution < 1.29 is 19.4 Å². The molecule has 0 atom stereocenters. The van der Waals surface area contributed by atoms with Crippen molar-refractivity contribution in [1.29, 1.82) is 0 Å². The Bertz CT molecular complexity index is 654. The maximum absolute atomic E-state index is 11.0. The molecule has 0 bridgehead atoms. The smallest absolute Gasteiger partial charge is 0.355 e. The van der Waals surface area contributed by atoms with Gasteiger partial charge in [-0.15, -0.1) is 11.3 Å². The second-order valence-corrected chi connectivity index (χ2v) is 5.97.